The molecule has 1 aliphatic carbocycles. The quantitative estimate of drug-likeness (QED) is 0.797. The molecular formula is C17H21ClN4OS. The van der Waals surface area contributed by atoms with E-state index in [1.807, 2.05) is 31.3 Å². The molecule has 0 bridgehead atoms. The van der Waals surface area contributed by atoms with Gasteiger partial charge in [-0.15, -0.1) is 0 Å². The van der Waals surface area contributed by atoms with Crippen LogP contribution in [0, 0.1) is 10.2 Å². The van der Waals surface area contributed by atoms with Gasteiger partial charge < -0.3 is 9.88 Å². The predicted octanol–water partition coefficient (Wildman–Crippen LogP) is 3.55. The van der Waals surface area contributed by atoms with Crippen LogP contribution in [0.4, 0.5) is 0 Å². The molecule has 24 heavy (non-hydrogen) atoms. The van der Waals surface area contributed by atoms with Gasteiger partial charge in [0.2, 0.25) is 5.91 Å². The molecule has 128 valence electrons. The van der Waals surface area contributed by atoms with E-state index in [0.29, 0.717) is 11.3 Å². The molecule has 1 aromatic heterocycles. The monoisotopic (exact) mass is 364 g/mol. The second kappa shape index (κ2) is 7.07. The number of benzene rings is 1. The van der Waals surface area contributed by atoms with E-state index in [4.69, 9.17) is 23.8 Å². The number of halogens is 1. The Bertz CT molecular complexity index is 775. The average molecular weight is 365 g/mol. The van der Waals surface area contributed by atoms with Crippen LogP contribution in [0.15, 0.2) is 24.3 Å². The Kier molecular flexibility index (Phi) is 5.06. The van der Waals surface area contributed by atoms with Gasteiger partial charge in [0.25, 0.3) is 0 Å². The first-order valence-corrected chi connectivity index (χ1v) is 8.92. The van der Waals surface area contributed by atoms with Crippen molar-refractivity contribution in [3.63, 3.8) is 0 Å². The maximum atomic E-state index is 12.9. The van der Waals surface area contributed by atoms with E-state index < -0.39 is 0 Å². The van der Waals surface area contributed by atoms with Crippen LogP contribution in [0.2, 0.25) is 5.02 Å². The lowest BCUT2D eigenvalue weighted by atomic mass is 9.79. The van der Waals surface area contributed by atoms with E-state index in [1.54, 1.807) is 4.57 Å². The summed E-state index contributed by atoms with van der Waals surface area (Å²) in [5, 5.41) is 10.7. The number of aromatic nitrogens is 3. The van der Waals surface area contributed by atoms with Gasteiger partial charge in [-0.25, -0.2) is 0 Å². The summed E-state index contributed by atoms with van der Waals surface area (Å²) in [5.41, 5.74) is 0.814. The van der Waals surface area contributed by atoms with Crippen LogP contribution in [0.3, 0.4) is 0 Å². The normalized spacial score (nSPS) is 16.2. The van der Waals surface area contributed by atoms with Crippen molar-refractivity contribution in [3.8, 4) is 0 Å². The molecule has 1 amide bonds. The van der Waals surface area contributed by atoms with E-state index in [-0.39, 0.29) is 11.3 Å². The molecule has 2 aromatic rings. The van der Waals surface area contributed by atoms with Crippen molar-refractivity contribution in [2.24, 2.45) is 12.5 Å². The van der Waals surface area contributed by atoms with Crippen LogP contribution in [0.25, 0.3) is 0 Å². The fourth-order valence-corrected chi connectivity index (χ4v) is 3.69. The first-order valence-electron chi connectivity index (χ1n) is 8.13. The van der Waals surface area contributed by atoms with Gasteiger partial charge >= 0.3 is 0 Å². The van der Waals surface area contributed by atoms with Crippen molar-refractivity contribution < 1.29 is 4.79 Å². The summed E-state index contributed by atoms with van der Waals surface area (Å²) in [6.07, 6.45) is 4.76. The lowest BCUT2D eigenvalue weighted by Crippen LogP contribution is -2.40. The Morgan fingerprint density at radius 1 is 1.38 bits per heavy atom. The molecule has 0 atom stereocenters. The summed E-state index contributed by atoms with van der Waals surface area (Å²) in [5.74, 6) is 0.830. The van der Waals surface area contributed by atoms with Crippen LogP contribution < -0.4 is 5.32 Å². The number of rotatable bonds is 5. The van der Waals surface area contributed by atoms with Crippen LogP contribution in [0.1, 0.15) is 37.1 Å². The third-order valence-corrected chi connectivity index (χ3v) is 5.49. The lowest BCUT2D eigenvalue weighted by Gasteiger charge is -2.28. The highest BCUT2D eigenvalue weighted by atomic mass is 35.5. The SMILES string of the molecule is Cn1c(CNC(=O)C2(Cc3ccc(Cl)cc3)CCCC2)n[nH]c1=S. The molecule has 1 heterocycles. The second-order valence-electron chi connectivity index (χ2n) is 6.48. The molecule has 0 spiro atoms. The summed E-state index contributed by atoms with van der Waals surface area (Å²) >= 11 is 11.1. The summed E-state index contributed by atoms with van der Waals surface area (Å²) in [6, 6.07) is 7.78. The van der Waals surface area contributed by atoms with Crippen LogP contribution in [-0.4, -0.2) is 20.7 Å². The number of aromatic amines is 1. The highest BCUT2D eigenvalue weighted by Crippen LogP contribution is 2.41. The smallest absolute Gasteiger partial charge is 0.226 e. The molecule has 0 saturated heterocycles. The van der Waals surface area contributed by atoms with Crippen LogP contribution in [0.5, 0.6) is 0 Å². The van der Waals surface area contributed by atoms with E-state index in [9.17, 15) is 4.79 Å². The maximum absolute atomic E-state index is 12.9. The van der Waals surface area contributed by atoms with Gasteiger partial charge in [0.1, 0.15) is 0 Å². The summed E-state index contributed by atoms with van der Waals surface area (Å²) in [7, 11) is 1.84. The molecule has 0 unspecified atom stereocenters. The van der Waals surface area contributed by atoms with E-state index in [0.717, 1.165) is 48.5 Å². The number of nitrogens with one attached hydrogen (secondary N) is 2. The number of nitrogens with zero attached hydrogens (tertiary/aromatic N) is 2. The van der Waals surface area contributed by atoms with Crippen molar-refractivity contribution in [2.75, 3.05) is 0 Å². The topological polar surface area (TPSA) is 62.7 Å². The highest BCUT2D eigenvalue weighted by molar-refractivity contribution is 7.71. The minimum atomic E-state index is -0.334. The molecule has 0 aliphatic heterocycles. The fourth-order valence-electron chi connectivity index (χ4n) is 3.41. The lowest BCUT2D eigenvalue weighted by molar-refractivity contribution is -0.131. The highest BCUT2D eigenvalue weighted by Gasteiger charge is 2.40. The zero-order valence-corrected chi connectivity index (χ0v) is 15.2. The third kappa shape index (κ3) is 3.54. The molecule has 1 fully saturated rings. The Balaban J connectivity index is 1.72. The van der Waals surface area contributed by atoms with Crippen molar-refractivity contribution in [2.45, 2.75) is 38.6 Å². The van der Waals surface area contributed by atoms with Crippen molar-refractivity contribution >= 4 is 29.7 Å². The van der Waals surface area contributed by atoms with Crippen molar-refractivity contribution in [1.82, 2.24) is 20.1 Å². The molecule has 3 rings (SSSR count). The van der Waals surface area contributed by atoms with Gasteiger partial charge in [-0.05, 0) is 49.2 Å². The van der Waals surface area contributed by atoms with Gasteiger partial charge in [-0.1, -0.05) is 36.6 Å². The summed E-state index contributed by atoms with van der Waals surface area (Å²) < 4.78 is 2.33. The number of hydrogen-bond donors (Lipinski definition) is 2. The minimum absolute atomic E-state index is 0.101. The molecule has 5 nitrogen and oxygen atoms in total. The van der Waals surface area contributed by atoms with Crippen LogP contribution >= 0.6 is 23.8 Å². The molecule has 7 heteroatoms. The first-order chi connectivity index (χ1) is 11.5. The van der Waals surface area contributed by atoms with Crippen molar-refractivity contribution in [1.29, 1.82) is 0 Å². The van der Waals surface area contributed by atoms with E-state index in [2.05, 4.69) is 15.5 Å². The van der Waals surface area contributed by atoms with Gasteiger partial charge in [0.05, 0.1) is 12.0 Å². The van der Waals surface area contributed by atoms with Crippen molar-refractivity contribution in [3.05, 3.63) is 45.4 Å². The van der Waals surface area contributed by atoms with Gasteiger partial charge in [0.15, 0.2) is 10.6 Å². The minimum Gasteiger partial charge on any atom is -0.348 e. The zero-order valence-electron chi connectivity index (χ0n) is 13.6. The number of carbonyl (C=O) groups is 1. The second-order valence-corrected chi connectivity index (χ2v) is 7.30. The Hall–Kier alpha value is -1.66. The summed E-state index contributed by atoms with van der Waals surface area (Å²) in [4.78, 5) is 12.9. The molecule has 1 aromatic carbocycles. The average Bonchev–Trinajstić information content (AvgIpc) is 3.17. The molecular weight excluding hydrogens is 344 g/mol. The van der Waals surface area contributed by atoms with E-state index >= 15 is 0 Å². The zero-order chi connectivity index (χ0) is 17.2. The van der Waals surface area contributed by atoms with Crippen LogP contribution in [-0.2, 0) is 24.8 Å². The molecule has 0 radical (unpaired) electrons. The first kappa shape index (κ1) is 17.2. The number of hydrogen-bond acceptors (Lipinski definition) is 3. The largest absolute Gasteiger partial charge is 0.348 e. The Morgan fingerprint density at radius 2 is 2.04 bits per heavy atom. The molecule has 1 aliphatic rings. The number of amides is 1. The van der Waals surface area contributed by atoms with Gasteiger partial charge in [-0.2, -0.15) is 5.10 Å². The maximum Gasteiger partial charge on any atom is 0.226 e. The fraction of sp³-hybridized carbons (Fsp3) is 0.471. The van der Waals surface area contributed by atoms with Gasteiger partial charge in [-0.3, -0.25) is 9.89 Å². The summed E-state index contributed by atoms with van der Waals surface area (Å²) in [6.45, 7) is 0.380. The predicted molar refractivity (Wildman–Crippen MR) is 96.3 cm³/mol. The third-order valence-electron chi connectivity index (χ3n) is 4.88. The van der Waals surface area contributed by atoms with E-state index in [1.165, 1.54) is 0 Å². The molecule has 1 saturated carbocycles. The number of carbonyl (C=O) groups excluding carboxylic acids is 1. The standard InChI is InChI=1S/C17H21ClN4OS/c1-22-14(20-21-16(22)24)11-19-15(23)17(8-2-3-9-17)10-12-4-6-13(18)7-5-12/h4-7H,2-3,8-11H2,1H3,(H,19,23)(H,21,24). The Morgan fingerprint density at radius 3 is 2.62 bits per heavy atom. The van der Waals surface area contributed by atoms with Gasteiger partial charge in [0, 0.05) is 12.1 Å². The molecule has 2 N–H and O–H groups in total. The number of H-pyrrole nitrogens is 1. The Labute approximate surface area is 151 Å².